The summed E-state index contributed by atoms with van der Waals surface area (Å²) in [6.07, 6.45) is 3.38. The van der Waals surface area contributed by atoms with Crippen LogP contribution in [-0.4, -0.2) is 38.1 Å². The summed E-state index contributed by atoms with van der Waals surface area (Å²) in [6.45, 7) is 7.52. The highest BCUT2D eigenvalue weighted by Gasteiger charge is 2.13. The van der Waals surface area contributed by atoms with Gasteiger partial charge in [0.1, 0.15) is 5.69 Å². The molecule has 0 aliphatic carbocycles. The lowest BCUT2D eigenvalue weighted by molar-refractivity contribution is 0.0697. The second-order valence-electron chi connectivity index (χ2n) is 5.17. The van der Waals surface area contributed by atoms with Gasteiger partial charge in [-0.25, -0.2) is 15.3 Å². The predicted octanol–water partition coefficient (Wildman–Crippen LogP) is 2.00. The lowest BCUT2D eigenvalue weighted by Gasteiger charge is -2.14. The van der Waals surface area contributed by atoms with Gasteiger partial charge in [0.2, 0.25) is 0 Å². The third-order valence-corrected chi connectivity index (χ3v) is 3.60. The number of hydrazine groups is 1. The second-order valence-corrected chi connectivity index (χ2v) is 5.17. The number of aromatic nitrogens is 3. The SMILES string of the molecule is C=C/C(=C(/C)N(C)N)c1cn(-c2cc(C(=O)O)ccc2C)nn1. The number of carboxylic acids is 1. The van der Waals surface area contributed by atoms with E-state index in [1.165, 1.54) is 5.01 Å². The molecule has 1 aromatic carbocycles. The van der Waals surface area contributed by atoms with Crippen molar-refractivity contribution in [1.29, 1.82) is 0 Å². The largest absolute Gasteiger partial charge is 0.478 e. The van der Waals surface area contributed by atoms with Gasteiger partial charge in [-0.1, -0.05) is 23.9 Å². The van der Waals surface area contributed by atoms with Crippen molar-refractivity contribution in [3.63, 3.8) is 0 Å². The number of benzene rings is 1. The summed E-state index contributed by atoms with van der Waals surface area (Å²) < 4.78 is 1.55. The van der Waals surface area contributed by atoms with Gasteiger partial charge in [-0.05, 0) is 31.5 Å². The van der Waals surface area contributed by atoms with Crippen molar-refractivity contribution in [2.75, 3.05) is 7.05 Å². The molecule has 0 atom stereocenters. The Balaban J connectivity index is 2.52. The molecule has 0 saturated heterocycles. The topological polar surface area (TPSA) is 97.3 Å². The van der Waals surface area contributed by atoms with Gasteiger partial charge in [-0.3, -0.25) is 0 Å². The fourth-order valence-corrected chi connectivity index (χ4v) is 2.12. The molecule has 0 fully saturated rings. The van der Waals surface area contributed by atoms with E-state index in [2.05, 4.69) is 16.9 Å². The molecule has 120 valence electrons. The van der Waals surface area contributed by atoms with Crippen LogP contribution in [0.2, 0.25) is 0 Å². The Morgan fingerprint density at radius 2 is 2.17 bits per heavy atom. The molecule has 7 nitrogen and oxygen atoms in total. The Bertz CT molecular complexity index is 790. The molecule has 3 N–H and O–H groups in total. The Kier molecular flexibility index (Phi) is 4.61. The number of carbonyl (C=O) groups is 1. The van der Waals surface area contributed by atoms with Gasteiger partial charge in [-0.2, -0.15) is 0 Å². The molecule has 0 aliphatic rings. The lowest BCUT2D eigenvalue weighted by Crippen LogP contribution is -2.24. The fraction of sp³-hybridized carbons (Fsp3) is 0.188. The maximum Gasteiger partial charge on any atom is 0.335 e. The number of aromatic carboxylic acids is 1. The van der Waals surface area contributed by atoms with E-state index in [4.69, 9.17) is 10.9 Å². The van der Waals surface area contributed by atoms with Crippen molar-refractivity contribution in [3.8, 4) is 5.69 Å². The number of nitrogens with zero attached hydrogens (tertiary/aromatic N) is 4. The van der Waals surface area contributed by atoms with Crippen molar-refractivity contribution in [1.82, 2.24) is 20.0 Å². The van der Waals surface area contributed by atoms with Crippen LogP contribution >= 0.6 is 0 Å². The van der Waals surface area contributed by atoms with Crippen molar-refractivity contribution in [3.05, 3.63) is 59.6 Å². The van der Waals surface area contributed by atoms with Gasteiger partial charge in [0.05, 0.1) is 17.4 Å². The first kappa shape index (κ1) is 16.4. The zero-order valence-corrected chi connectivity index (χ0v) is 13.3. The van der Waals surface area contributed by atoms with Gasteiger partial charge < -0.3 is 10.1 Å². The minimum atomic E-state index is -0.987. The standard InChI is InChI=1S/C16H19N5O2/c1-5-13(11(3)20(4)17)14-9-21(19-18-14)15-8-12(16(22)23)7-6-10(15)2/h5-9H,1,17H2,2-4H3,(H,22,23)/b13-11+. The molecule has 0 aliphatic heterocycles. The number of allylic oxidation sites excluding steroid dienone is 3. The fourth-order valence-electron chi connectivity index (χ4n) is 2.12. The molecular weight excluding hydrogens is 294 g/mol. The molecule has 0 radical (unpaired) electrons. The highest BCUT2D eigenvalue weighted by Crippen LogP contribution is 2.21. The average Bonchev–Trinajstić information content (AvgIpc) is 2.97. The number of hydrogen-bond donors (Lipinski definition) is 2. The number of rotatable bonds is 5. The van der Waals surface area contributed by atoms with E-state index in [9.17, 15) is 4.79 Å². The van der Waals surface area contributed by atoms with Crippen LogP contribution in [0.1, 0.15) is 28.5 Å². The monoisotopic (exact) mass is 313 g/mol. The van der Waals surface area contributed by atoms with Crippen LogP contribution in [0.15, 0.2) is 42.7 Å². The molecule has 0 bridgehead atoms. The highest BCUT2D eigenvalue weighted by atomic mass is 16.4. The summed E-state index contributed by atoms with van der Waals surface area (Å²) in [5, 5.41) is 18.8. The summed E-state index contributed by atoms with van der Waals surface area (Å²) in [4.78, 5) is 11.1. The zero-order valence-electron chi connectivity index (χ0n) is 13.3. The zero-order chi connectivity index (χ0) is 17.1. The number of aryl methyl sites for hydroxylation is 1. The molecule has 0 amide bonds. The normalized spacial score (nSPS) is 11.8. The van der Waals surface area contributed by atoms with Crippen LogP contribution in [0, 0.1) is 6.92 Å². The molecule has 1 heterocycles. The van der Waals surface area contributed by atoms with Gasteiger partial charge in [0.15, 0.2) is 0 Å². The molecule has 7 heteroatoms. The quantitative estimate of drug-likeness (QED) is 0.498. The van der Waals surface area contributed by atoms with E-state index >= 15 is 0 Å². The van der Waals surface area contributed by atoms with E-state index in [0.29, 0.717) is 11.4 Å². The first-order valence-electron chi connectivity index (χ1n) is 6.94. The van der Waals surface area contributed by atoms with E-state index in [1.807, 2.05) is 13.8 Å². The Morgan fingerprint density at radius 3 is 2.74 bits per heavy atom. The molecular formula is C16H19N5O2. The second kappa shape index (κ2) is 6.45. The Morgan fingerprint density at radius 1 is 1.48 bits per heavy atom. The Hall–Kier alpha value is -2.93. The first-order valence-corrected chi connectivity index (χ1v) is 6.94. The lowest BCUT2D eigenvalue weighted by atomic mass is 10.1. The van der Waals surface area contributed by atoms with Gasteiger partial charge in [-0.15, -0.1) is 5.10 Å². The molecule has 1 aromatic heterocycles. The summed E-state index contributed by atoms with van der Waals surface area (Å²) >= 11 is 0. The predicted molar refractivity (Wildman–Crippen MR) is 87.8 cm³/mol. The molecule has 0 unspecified atom stereocenters. The van der Waals surface area contributed by atoms with Crippen LogP contribution in [0.25, 0.3) is 11.3 Å². The highest BCUT2D eigenvalue weighted by molar-refractivity contribution is 5.88. The summed E-state index contributed by atoms with van der Waals surface area (Å²) in [5.41, 5.74) is 3.90. The molecule has 2 rings (SSSR count). The summed E-state index contributed by atoms with van der Waals surface area (Å²) in [7, 11) is 1.73. The third-order valence-electron chi connectivity index (χ3n) is 3.60. The smallest absolute Gasteiger partial charge is 0.335 e. The molecule has 0 spiro atoms. The van der Waals surface area contributed by atoms with Gasteiger partial charge in [0.25, 0.3) is 0 Å². The van der Waals surface area contributed by atoms with Crippen LogP contribution in [0.4, 0.5) is 0 Å². The van der Waals surface area contributed by atoms with Crippen LogP contribution in [0.5, 0.6) is 0 Å². The maximum atomic E-state index is 11.1. The van der Waals surface area contributed by atoms with E-state index in [1.54, 1.807) is 42.2 Å². The number of carboxylic acid groups (broad SMARTS) is 1. The van der Waals surface area contributed by atoms with Crippen LogP contribution in [0.3, 0.4) is 0 Å². The van der Waals surface area contributed by atoms with E-state index in [0.717, 1.165) is 16.8 Å². The van der Waals surface area contributed by atoms with Gasteiger partial charge in [0, 0.05) is 18.3 Å². The number of hydrogen-bond acceptors (Lipinski definition) is 5. The van der Waals surface area contributed by atoms with E-state index < -0.39 is 5.97 Å². The van der Waals surface area contributed by atoms with Crippen LogP contribution < -0.4 is 5.84 Å². The number of nitrogens with two attached hydrogens (primary N) is 1. The first-order chi connectivity index (χ1) is 10.8. The Labute approximate surface area is 134 Å². The maximum absolute atomic E-state index is 11.1. The van der Waals surface area contributed by atoms with Crippen molar-refractivity contribution in [2.45, 2.75) is 13.8 Å². The molecule has 2 aromatic rings. The third kappa shape index (κ3) is 3.29. The minimum absolute atomic E-state index is 0.194. The van der Waals surface area contributed by atoms with Crippen molar-refractivity contribution < 1.29 is 9.90 Å². The molecule has 0 saturated carbocycles. The molecule has 23 heavy (non-hydrogen) atoms. The van der Waals surface area contributed by atoms with Crippen molar-refractivity contribution >= 4 is 11.5 Å². The summed E-state index contributed by atoms with van der Waals surface area (Å²) in [5.74, 6) is 4.77. The summed E-state index contributed by atoms with van der Waals surface area (Å²) in [6, 6.07) is 4.86. The van der Waals surface area contributed by atoms with Gasteiger partial charge >= 0.3 is 5.97 Å². The van der Waals surface area contributed by atoms with Crippen LogP contribution in [-0.2, 0) is 0 Å². The minimum Gasteiger partial charge on any atom is -0.478 e. The van der Waals surface area contributed by atoms with Crippen molar-refractivity contribution in [2.24, 2.45) is 5.84 Å². The average molecular weight is 313 g/mol. The van der Waals surface area contributed by atoms with E-state index in [-0.39, 0.29) is 5.56 Å².